The van der Waals surface area contributed by atoms with E-state index in [0.29, 0.717) is 13.1 Å². The molecular formula is C12H21ClN2O3. The number of ether oxygens (including phenoxy) is 1. The number of carbonyl (C=O) groups excluding carboxylic acids is 2. The van der Waals surface area contributed by atoms with Crippen LogP contribution >= 0.6 is 11.6 Å². The molecule has 0 aliphatic carbocycles. The minimum atomic E-state index is -0.497. The summed E-state index contributed by atoms with van der Waals surface area (Å²) >= 11 is 5.44. The van der Waals surface area contributed by atoms with Crippen molar-refractivity contribution in [3.05, 3.63) is 0 Å². The largest absolute Gasteiger partial charge is 0.444 e. The van der Waals surface area contributed by atoms with Crippen molar-refractivity contribution in [3.8, 4) is 0 Å². The van der Waals surface area contributed by atoms with Gasteiger partial charge < -0.3 is 15.0 Å². The van der Waals surface area contributed by atoms with E-state index in [2.05, 4.69) is 5.32 Å². The minimum absolute atomic E-state index is 0.0301. The highest BCUT2D eigenvalue weighted by molar-refractivity contribution is 6.27. The number of alkyl halides is 1. The van der Waals surface area contributed by atoms with Crippen LogP contribution in [0.5, 0.6) is 0 Å². The number of piperidine rings is 1. The van der Waals surface area contributed by atoms with Crippen LogP contribution in [0.1, 0.15) is 33.6 Å². The Morgan fingerprint density at radius 1 is 1.44 bits per heavy atom. The average molecular weight is 277 g/mol. The second-order valence-electron chi connectivity index (χ2n) is 5.47. The number of rotatable bonds is 2. The highest BCUT2D eigenvalue weighted by atomic mass is 35.5. The zero-order chi connectivity index (χ0) is 13.8. The smallest absolute Gasteiger partial charge is 0.410 e. The number of amides is 2. The van der Waals surface area contributed by atoms with Crippen molar-refractivity contribution >= 4 is 23.6 Å². The Hall–Kier alpha value is -0.970. The van der Waals surface area contributed by atoms with Crippen LogP contribution in [0.15, 0.2) is 0 Å². The molecule has 1 N–H and O–H groups in total. The van der Waals surface area contributed by atoms with Gasteiger partial charge in [-0.2, -0.15) is 0 Å². The van der Waals surface area contributed by atoms with Crippen LogP contribution in [-0.2, 0) is 9.53 Å². The van der Waals surface area contributed by atoms with Crippen LogP contribution in [0.3, 0.4) is 0 Å². The fourth-order valence-electron chi connectivity index (χ4n) is 1.85. The van der Waals surface area contributed by atoms with Gasteiger partial charge in [0.15, 0.2) is 0 Å². The van der Waals surface area contributed by atoms with Gasteiger partial charge >= 0.3 is 6.09 Å². The maximum atomic E-state index is 11.9. The number of nitrogens with zero attached hydrogens (tertiary/aromatic N) is 1. The lowest BCUT2D eigenvalue weighted by molar-refractivity contribution is -0.119. The predicted octanol–water partition coefficient (Wildman–Crippen LogP) is 1.74. The zero-order valence-electron chi connectivity index (χ0n) is 11.2. The van der Waals surface area contributed by atoms with Gasteiger partial charge in [0.1, 0.15) is 11.5 Å². The third-order valence-electron chi connectivity index (χ3n) is 2.56. The molecule has 0 aromatic rings. The Bertz CT molecular complexity index is 315. The van der Waals surface area contributed by atoms with Gasteiger partial charge in [0.25, 0.3) is 0 Å². The molecule has 2 amide bonds. The lowest BCUT2D eigenvalue weighted by atomic mass is 10.1. The molecule has 1 aliphatic heterocycles. The molecule has 0 aromatic heterocycles. The minimum Gasteiger partial charge on any atom is -0.444 e. The summed E-state index contributed by atoms with van der Waals surface area (Å²) in [6.07, 6.45) is 1.39. The van der Waals surface area contributed by atoms with Crippen LogP contribution < -0.4 is 5.32 Å². The van der Waals surface area contributed by atoms with E-state index in [1.54, 1.807) is 4.90 Å². The van der Waals surface area contributed by atoms with Crippen LogP contribution in [0.25, 0.3) is 0 Å². The van der Waals surface area contributed by atoms with E-state index in [0.717, 1.165) is 12.8 Å². The lowest BCUT2D eigenvalue weighted by Crippen LogP contribution is -2.50. The fourth-order valence-corrected chi connectivity index (χ4v) is 1.93. The molecule has 0 radical (unpaired) electrons. The van der Waals surface area contributed by atoms with Gasteiger partial charge in [-0.25, -0.2) is 4.79 Å². The highest BCUT2D eigenvalue weighted by Gasteiger charge is 2.28. The molecule has 18 heavy (non-hydrogen) atoms. The van der Waals surface area contributed by atoms with Crippen molar-refractivity contribution in [2.75, 3.05) is 19.0 Å². The second kappa shape index (κ2) is 6.27. The van der Waals surface area contributed by atoms with E-state index in [1.807, 2.05) is 20.8 Å². The molecule has 0 bridgehead atoms. The molecular weight excluding hydrogens is 256 g/mol. The molecule has 0 saturated carbocycles. The van der Waals surface area contributed by atoms with Crippen molar-refractivity contribution in [2.45, 2.75) is 45.3 Å². The van der Waals surface area contributed by atoms with Crippen molar-refractivity contribution in [1.82, 2.24) is 10.2 Å². The summed E-state index contributed by atoms with van der Waals surface area (Å²) in [6.45, 7) is 6.66. The second-order valence-corrected chi connectivity index (χ2v) is 5.73. The van der Waals surface area contributed by atoms with Crippen LogP contribution in [0, 0.1) is 0 Å². The number of hydrogen-bond acceptors (Lipinski definition) is 3. The summed E-state index contributed by atoms with van der Waals surface area (Å²) < 4.78 is 5.31. The first-order chi connectivity index (χ1) is 8.31. The fraction of sp³-hybridized carbons (Fsp3) is 0.833. The normalized spacial score (nSPS) is 20.4. The molecule has 1 atom stereocenters. The van der Waals surface area contributed by atoms with Gasteiger partial charge in [-0.1, -0.05) is 0 Å². The molecule has 0 aromatic carbocycles. The molecule has 6 heteroatoms. The van der Waals surface area contributed by atoms with Crippen LogP contribution in [0.4, 0.5) is 4.79 Å². The number of carbonyl (C=O) groups is 2. The maximum Gasteiger partial charge on any atom is 0.410 e. The molecule has 1 fully saturated rings. The van der Waals surface area contributed by atoms with Crippen molar-refractivity contribution in [3.63, 3.8) is 0 Å². The van der Waals surface area contributed by atoms with Crippen molar-refractivity contribution in [1.29, 1.82) is 0 Å². The van der Waals surface area contributed by atoms with Gasteiger partial charge in [0, 0.05) is 19.1 Å². The highest BCUT2D eigenvalue weighted by Crippen LogP contribution is 2.15. The van der Waals surface area contributed by atoms with Crippen molar-refractivity contribution in [2.24, 2.45) is 0 Å². The SMILES string of the molecule is CC(C)(C)OC(=O)N1CCC[C@H](NC(=O)CCl)C1. The molecule has 1 rings (SSSR count). The number of likely N-dealkylation sites (tertiary alicyclic amines) is 1. The van der Waals surface area contributed by atoms with Crippen LogP contribution in [-0.4, -0.2) is 47.5 Å². The topological polar surface area (TPSA) is 58.6 Å². The summed E-state index contributed by atoms with van der Waals surface area (Å²) in [4.78, 5) is 24.7. The Kier molecular flexibility index (Phi) is 5.26. The summed E-state index contributed by atoms with van der Waals surface area (Å²) in [5, 5.41) is 2.80. The van der Waals surface area contributed by atoms with E-state index in [4.69, 9.17) is 16.3 Å². The average Bonchev–Trinajstić information content (AvgIpc) is 2.27. The summed E-state index contributed by atoms with van der Waals surface area (Å²) in [5.74, 6) is -0.254. The van der Waals surface area contributed by atoms with Gasteiger partial charge in [0.2, 0.25) is 5.91 Å². The standard InChI is InChI=1S/C12H21ClN2O3/c1-12(2,3)18-11(17)15-6-4-5-9(8-15)14-10(16)7-13/h9H,4-8H2,1-3H3,(H,14,16)/t9-/m0/s1. The van der Waals surface area contributed by atoms with Crippen LogP contribution in [0.2, 0.25) is 0 Å². The molecule has 1 saturated heterocycles. The Balaban J connectivity index is 2.48. The summed E-state index contributed by atoms with van der Waals surface area (Å²) in [6, 6.07) is -0.0301. The molecule has 5 nitrogen and oxygen atoms in total. The summed E-state index contributed by atoms with van der Waals surface area (Å²) in [7, 11) is 0. The first-order valence-corrected chi connectivity index (χ1v) is 6.68. The van der Waals surface area contributed by atoms with E-state index in [9.17, 15) is 9.59 Å². The van der Waals surface area contributed by atoms with Gasteiger partial charge in [-0.05, 0) is 33.6 Å². The first kappa shape index (κ1) is 15.1. The quantitative estimate of drug-likeness (QED) is 0.782. The lowest BCUT2D eigenvalue weighted by Gasteiger charge is -2.34. The molecule has 104 valence electrons. The number of hydrogen-bond donors (Lipinski definition) is 1. The maximum absolute atomic E-state index is 11.9. The summed E-state index contributed by atoms with van der Waals surface area (Å²) in [5.41, 5.74) is -0.497. The third-order valence-corrected chi connectivity index (χ3v) is 2.80. The Morgan fingerprint density at radius 2 is 2.11 bits per heavy atom. The number of halogens is 1. The van der Waals surface area contributed by atoms with E-state index < -0.39 is 5.60 Å². The van der Waals surface area contributed by atoms with Crippen molar-refractivity contribution < 1.29 is 14.3 Å². The molecule has 1 aliphatic rings. The predicted molar refractivity (Wildman–Crippen MR) is 69.7 cm³/mol. The Labute approximate surface area is 113 Å². The molecule has 0 unspecified atom stereocenters. The third kappa shape index (κ3) is 5.12. The van der Waals surface area contributed by atoms with E-state index >= 15 is 0 Å². The van der Waals surface area contributed by atoms with Gasteiger partial charge in [-0.3, -0.25) is 4.79 Å². The zero-order valence-corrected chi connectivity index (χ0v) is 11.9. The monoisotopic (exact) mass is 276 g/mol. The molecule has 0 spiro atoms. The van der Waals surface area contributed by atoms with Gasteiger partial charge in [0.05, 0.1) is 0 Å². The number of nitrogens with one attached hydrogen (secondary N) is 1. The van der Waals surface area contributed by atoms with Gasteiger partial charge in [-0.15, -0.1) is 11.6 Å². The van der Waals surface area contributed by atoms with E-state index in [-0.39, 0.29) is 23.9 Å². The van der Waals surface area contributed by atoms with E-state index in [1.165, 1.54) is 0 Å². The first-order valence-electron chi connectivity index (χ1n) is 6.15. The molecule has 1 heterocycles. The Morgan fingerprint density at radius 3 is 2.67 bits per heavy atom.